The molecule has 0 aliphatic carbocycles. The number of hydrogen-bond donors (Lipinski definition) is 2. The lowest BCUT2D eigenvalue weighted by Gasteiger charge is -2.12. The fourth-order valence-corrected chi connectivity index (χ4v) is 3.58. The molecule has 0 radical (unpaired) electrons. The standard InChI is InChI=1S/C22H24N2O5S/c1-3-27-16-8-7-15(14-18(16)28-4-2)11-12-23-22(26)19-9-10-20(30-19)24-21(25)17-6-5-13-29-17/h5-10,13-14H,3-4,11-12H2,1-2H3,(H,23,26)(H,24,25). The van der Waals surface area contributed by atoms with Gasteiger partial charge in [-0.05, 0) is 62.2 Å². The second kappa shape index (κ2) is 10.5. The minimum Gasteiger partial charge on any atom is -0.490 e. The van der Waals surface area contributed by atoms with Crippen molar-refractivity contribution in [3.63, 3.8) is 0 Å². The van der Waals surface area contributed by atoms with Gasteiger partial charge in [0.25, 0.3) is 11.8 Å². The van der Waals surface area contributed by atoms with Gasteiger partial charge in [-0.3, -0.25) is 9.59 Å². The van der Waals surface area contributed by atoms with E-state index in [1.165, 1.54) is 17.6 Å². The Kier molecular flexibility index (Phi) is 7.51. The van der Waals surface area contributed by atoms with Crippen LogP contribution in [0.5, 0.6) is 11.5 Å². The van der Waals surface area contributed by atoms with Gasteiger partial charge in [0, 0.05) is 6.54 Å². The molecule has 2 heterocycles. The van der Waals surface area contributed by atoms with Crippen LogP contribution in [0.1, 0.15) is 39.6 Å². The van der Waals surface area contributed by atoms with E-state index in [9.17, 15) is 9.59 Å². The van der Waals surface area contributed by atoms with E-state index in [1.54, 1.807) is 24.3 Å². The fraction of sp³-hybridized carbons (Fsp3) is 0.273. The highest BCUT2D eigenvalue weighted by Gasteiger charge is 2.13. The summed E-state index contributed by atoms with van der Waals surface area (Å²) in [5, 5.41) is 6.19. The molecular weight excluding hydrogens is 404 g/mol. The summed E-state index contributed by atoms with van der Waals surface area (Å²) in [5.74, 6) is 1.10. The molecule has 0 bridgehead atoms. The van der Waals surface area contributed by atoms with Crippen LogP contribution in [0.4, 0.5) is 5.00 Å². The molecule has 0 aliphatic rings. The van der Waals surface area contributed by atoms with Gasteiger partial charge in [-0.15, -0.1) is 11.3 Å². The molecule has 0 atom stereocenters. The number of ether oxygens (including phenoxy) is 2. The summed E-state index contributed by atoms with van der Waals surface area (Å²) in [4.78, 5) is 24.9. The number of anilines is 1. The van der Waals surface area contributed by atoms with Crippen LogP contribution in [-0.2, 0) is 6.42 Å². The molecular formula is C22H24N2O5S. The first kappa shape index (κ1) is 21.4. The summed E-state index contributed by atoms with van der Waals surface area (Å²) >= 11 is 1.21. The van der Waals surface area contributed by atoms with E-state index in [4.69, 9.17) is 13.9 Å². The van der Waals surface area contributed by atoms with Crippen molar-refractivity contribution < 1.29 is 23.5 Å². The summed E-state index contributed by atoms with van der Waals surface area (Å²) in [6.45, 7) is 5.45. The number of rotatable bonds is 10. The Morgan fingerprint density at radius 2 is 1.80 bits per heavy atom. The van der Waals surface area contributed by atoms with E-state index in [-0.39, 0.29) is 17.6 Å². The van der Waals surface area contributed by atoms with E-state index in [2.05, 4.69) is 10.6 Å². The second-order valence-electron chi connectivity index (χ2n) is 6.25. The van der Waals surface area contributed by atoms with Gasteiger partial charge >= 0.3 is 0 Å². The molecule has 3 rings (SSSR count). The molecule has 3 aromatic rings. The van der Waals surface area contributed by atoms with Gasteiger partial charge < -0.3 is 24.5 Å². The molecule has 1 aromatic carbocycles. The van der Waals surface area contributed by atoms with E-state index < -0.39 is 0 Å². The topological polar surface area (TPSA) is 89.8 Å². The van der Waals surface area contributed by atoms with Crippen LogP contribution in [-0.4, -0.2) is 31.6 Å². The van der Waals surface area contributed by atoms with Crippen LogP contribution in [0, 0.1) is 0 Å². The van der Waals surface area contributed by atoms with Gasteiger partial charge in [0.05, 0.1) is 29.4 Å². The lowest BCUT2D eigenvalue weighted by atomic mass is 10.1. The number of hydrogen-bond acceptors (Lipinski definition) is 6. The first-order valence-corrected chi connectivity index (χ1v) is 10.5. The average Bonchev–Trinajstić information content (AvgIpc) is 3.42. The molecule has 8 heteroatoms. The predicted molar refractivity (Wildman–Crippen MR) is 116 cm³/mol. The minimum absolute atomic E-state index is 0.186. The number of benzene rings is 1. The molecule has 2 amide bonds. The summed E-state index contributed by atoms with van der Waals surface area (Å²) < 4.78 is 16.3. The molecule has 0 fully saturated rings. The van der Waals surface area contributed by atoms with Crippen LogP contribution < -0.4 is 20.1 Å². The smallest absolute Gasteiger partial charge is 0.291 e. The fourth-order valence-electron chi connectivity index (χ4n) is 2.77. The number of amides is 2. The zero-order valence-electron chi connectivity index (χ0n) is 16.9. The zero-order valence-corrected chi connectivity index (χ0v) is 17.7. The van der Waals surface area contributed by atoms with Crippen LogP contribution in [0.2, 0.25) is 0 Å². The average molecular weight is 429 g/mol. The summed E-state index contributed by atoms with van der Waals surface area (Å²) in [6.07, 6.45) is 2.09. The molecule has 0 aliphatic heterocycles. The maximum atomic E-state index is 12.4. The SMILES string of the molecule is CCOc1ccc(CCNC(=O)c2ccc(NC(=O)c3ccco3)s2)cc1OCC. The maximum absolute atomic E-state index is 12.4. The molecule has 0 saturated carbocycles. The van der Waals surface area contributed by atoms with Gasteiger partial charge in [0.1, 0.15) is 0 Å². The van der Waals surface area contributed by atoms with Crippen molar-refractivity contribution in [3.05, 3.63) is 64.9 Å². The van der Waals surface area contributed by atoms with Crippen LogP contribution in [0.25, 0.3) is 0 Å². The zero-order chi connectivity index (χ0) is 21.3. The van der Waals surface area contributed by atoms with E-state index in [0.29, 0.717) is 41.8 Å². The van der Waals surface area contributed by atoms with Crippen LogP contribution >= 0.6 is 11.3 Å². The van der Waals surface area contributed by atoms with Crippen LogP contribution in [0.15, 0.2) is 53.1 Å². The Labute approximate surface area is 179 Å². The summed E-state index contributed by atoms with van der Waals surface area (Å²) in [7, 11) is 0. The van der Waals surface area contributed by atoms with Gasteiger partial charge in [-0.2, -0.15) is 0 Å². The number of nitrogens with one attached hydrogen (secondary N) is 2. The van der Waals surface area contributed by atoms with Gasteiger partial charge in [-0.25, -0.2) is 0 Å². The Bertz CT molecular complexity index is 981. The number of thiophene rings is 1. The van der Waals surface area contributed by atoms with Gasteiger partial charge in [0.15, 0.2) is 17.3 Å². The highest BCUT2D eigenvalue weighted by Crippen LogP contribution is 2.28. The van der Waals surface area contributed by atoms with Crippen molar-refractivity contribution in [2.45, 2.75) is 20.3 Å². The van der Waals surface area contributed by atoms with Crippen molar-refractivity contribution in [1.82, 2.24) is 5.32 Å². The summed E-state index contributed by atoms with van der Waals surface area (Å²) in [5.41, 5.74) is 1.04. The predicted octanol–water partition coefficient (Wildman–Crippen LogP) is 4.36. The van der Waals surface area contributed by atoms with Crippen molar-refractivity contribution in [2.24, 2.45) is 0 Å². The first-order valence-electron chi connectivity index (χ1n) is 9.72. The quantitative estimate of drug-likeness (QED) is 0.501. The Morgan fingerprint density at radius 3 is 2.53 bits per heavy atom. The number of carbonyl (C=O) groups is 2. The second-order valence-corrected chi connectivity index (χ2v) is 7.33. The third-order valence-electron chi connectivity index (χ3n) is 4.12. The third-order valence-corrected chi connectivity index (χ3v) is 5.12. The molecule has 158 valence electrons. The van der Waals surface area contributed by atoms with Gasteiger partial charge in [0.2, 0.25) is 0 Å². The van der Waals surface area contributed by atoms with Crippen molar-refractivity contribution in [1.29, 1.82) is 0 Å². The highest BCUT2D eigenvalue weighted by molar-refractivity contribution is 7.18. The van der Waals surface area contributed by atoms with Crippen LogP contribution in [0.3, 0.4) is 0 Å². The molecule has 0 unspecified atom stereocenters. The lowest BCUT2D eigenvalue weighted by molar-refractivity contribution is 0.0956. The minimum atomic E-state index is -0.352. The van der Waals surface area contributed by atoms with E-state index in [1.807, 2.05) is 32.0 Å². The van der Waals surface area contributed by atoms with Crippen molar-refractivity contribution in [2.75, 3.05) is 25.1 Å². The first-order chi connectivity index (χ1) is 14.6. The van der Waals surface area contributed by atoms with Crippen molar-refractivity contribution in [3.8, 4) is 11.5 Å². The lowest BCUT2D eigenvalue weighted by Crippen LogP contribution is -2.24. The summed E-state index contributed by atoms with van der Waals surface area (Å²) in [6, 6.07) is 12.4. The molecule has 2 aromatic heterocycles. The van der Waals surface area contributed by atoms with Crippen molar-refractivity contribution >= 4 is 28.2 Å². The monoisotopic (exact) mass is 428 g/mol. The number of carbonyl (C=O) groups excluding carboxylic acids is 2. The molecule has 0 spiro atoms. The van der Waals surface area contributed by atoms with E-state index >= 15 is 0 Å². The Balaban J connectivity index is 1.52. The Morgan fingerprint density at radius 1 is 1.00 bits per heavy atom. The Hall–Kier alpha value is -3.26. The highest BCUT2D eigenvalue weighted by atomic mass is 32.1. The normalized spacial score (nSPS) is 10.5. The maximum Gasteiger partial charge on any atom is 0.291 e. The van der Waals surface area contributed by atoms with E-state index in [0.717, 1.165) is 11.3 Å². The number of furan rings is 1. The molecule has 2 N–H and O–H groups in total. The largest absolute Gasteiger partial charge is 0.490 e. The third kappa shape index (κ3) is 5.64. The molecule has 0 saturated heterocycles. The van der Waals surface area contributed by atoms with Gasteiger partial charge in [-0.1, -0.05) is 6.07 Å². The molecule has 30 heavy (non-hydrogen) atoms. The molecule has 7 nitrogen and oxygen atoms in total.